The molecule has 4 rings (SSSR count). The zero-order valence-corrected chi connectivity index (χ0v) is 13.5. The van der Waals surface area contributed by atoms with Crippen LogP contribution in [0.2, 0.25) is 0 Å². The second kappa shape index (κ2) is 5.77. The molecular formula is C18H15FN4O2. The molecular weight excluding hydrogens is 323 g/mol. The molecule has 0 N–H and O–H groups in total. The summed E-state index contributed by atoms with van der Waals surface area (Å²) in [5.74, 6) is -1.16. The zero-order valence-electron chi connectivity index (χ0n) is 13.5. The number of nitrogens with zero attached hydrogens (tertiary/aromatic N) is 4. The van der Waals surface area contributed by atoms with Crippen molar-refractivity contribution in [1.29, 1.82) is 0 Å². The Bertz CT molecular complexity index is 864. The van der Waals surface area contributed by atoms with E-state index in [4.69, 9.17) is 0 Å². The molecule has 0 aromatic heterocycles. The first-order valence-electron chi connectivity index (χ1n) is 8.02. The van der Waals surface area contributed by atoms with E-state index < -0.39 is 18.0 Å². The summed E-state index contributed by atoms with van der Waals surface area (Å²) in [6.45, 7) is 2.03. The fourth-order valence-corrected chi connectivity index (χ4v) is 3.10. The molecule has 2 atom stereocenters. The van der Waals surface area contributed by atoms with Crippen molar-refractivity contribution in [3.8, 4) is 0 Å². The second-order valence-electron chi connectivity index (χ2n) is 5.95. The highest BCUT2D eigenvalue weighted by molar-refractivity contribution is 6.26. The molecule has 2 aliphatic heterocycles. The summed E-state index contributed by atoms with van der Waals surface area (Å²) in [5.41, 5.74) is 2.16. The number of carbonyl (C=O) groups is 2. The summed E-state index contributed by atoms with van der Waals surface area (Å²) < 4.78 is 13.1. The van der Waals surface area contributed by atoms with Crippen molar-refractivity contribution in [3.05, 3.63) is 59.9 Å². The lowest BCUT2D eigenvalue weighted by Crippen LogP contribution is -2.39. The van der Waals surface area contributed by atoms with E-state index >= 15 is 0 Å². The van der Waals surface area contributed by atoms with E-state index in [1.54, 1.807) is 12.1 Å². The molecule has 2 amide bonds. The number of rotatable bonds is 3. The maximum absolute atomic E-state index is 13.1. The lowest BCUT2D eigenvalue weighted by molar-refractivity contribution is -0.121. The average molecular weight is 338 g/mol. The van der Waals surface area contributed by atoms with Crippen LogP contribution >= 0.6 is 0 Å². The van der Waals surface area contributed by atoms with Crippen molar-refractivity contribution in [1.82, 2.24) is 0 Å². The van der Waals surface area contributed by atoms with Crippen molar-refractivity contribution in [3.63, 3.8) is 0 Å². The highest BCUT2D eigenvalue weighted by Gasteiger charge is 2.55. The predicted octanol–water partition coefficient (Wildman–Crippen LogP) is 2.89. The highest BCUT2D eigenvalue weighted by Crippen LogP contribution is 2.34. The van der Waals surface area contributed by atoms with E-state index in [0.717, 1.165) is 16.9 Å². The number of imide groups is 1. The van der Waals surface area contributed by atoms with E-state index in [2.05, 4.69) is 10.3 Å². The van der Waals surface area contributed by atoms with Crippen molar-refractivity contribution in [2.24, 2.45) is 10.3 Å². The van der Waals surface area contributed by atoms with Gasteiger partial charge in [-0.1, -0.05) is 24.3 Å². The Morgan fingerprint density at radius 3 is 2.24 bits per heavy atom. The third kappa shape index (κ3) is 2.39. The summed E-state index contributed by atoms with van der Waals surface area (Å²) in [5, 5.41) is 9.29. The molecule has 1 fully saturated rings. The van der Waals surface area contributed by atoms with Crippen LogP contribution in [0.4, 0.5) is 15.8 Å². The third-order valence-electron chi connectivity index (χ3n) is 4.48. The maximum Gasteiger partial charge on any atom is 0.263 e. The number of amides is 2. The van der Waals surface area contributed by atoms with Crippen LogP contribution in [0.1, 0.15) is 12.5 Å². The average Bonchev–Trinajstić information content (AvgIpc) is 3.17. The number of fused-ring (bicyclic) bond motifs is 1. The van der Waals surface area contributed by atoms with Crippen LogP contribution in [-0.4, -0.2) is 23.9 Å². The van der Waals surface area contributed by atoms with Gasteiger partial charge in [0, 0.05) is 0 Å². The van der Waals surface area contributed by atoms with Gasteiger partial charge in [-0.2, -0.15) is 5.11 Å². The number of hydrogen-bond acceptors (Lipinski definition) is 5. The molecule has 0 unspecified atom stereocenters. The first-order chi connectivity index (χ1) is 12.1. The Kier molecular flexibility index (Phi) is 3.56. The van der Waals surface area contributed by atoms with Crippen molar-refractivity contribution < 1.29 is 14.0 Å². The standard InChI is InChI=1S/C18H15FN4O2/c1-2-11-3-7-13(8-4-11)22-17(24)15-16(18(22)25)23(21-20-15)14-9-5-12(19)6-10-14/h3-10,15-16H,2H2,1H3/t15-,16+/m0/s1. The molecule has 0 radical (unpaired) electrons. The normalized spacial score (nSPS) is 22.0. The molecule has 126 valence electrons. The van der Waals surface area contributed by atoms with Gasteiger partial charge in [-0.25, -0.2) is 14.3 Å². The highest BCUT2D eigenvalue weighted by atomic mass is 19.1. The van der Waals surface area contributed by atoms with Gasteiger partial charge >= 0.3 is 0 Å². The zero-order chi connectivity index (χ0) is 17.6. The first kappa shape index (κ1) is 15.4. The molecule has 25 heavy (non-hydrogen) atoms. The van der Waals surface area contributed by atoms with E-state index in [-0.39, 0.29) is 11.7 Å². The Labute approximate surface area is 143 Å². The van der Waals surface area contributed by atoms with E-state index in [1.165, 1.54) is 29.3 Å². The minimum atomic E-state index is -0.872. The summed E-state index contributed by atoms with van der Waals surface area (Å²) in [6.07, 6.45) is 0.875. The molecule has 6 nitrogen and oxygen atoms in total. The largest absolute Gasteiger partial charge is 0.271 e. The fourth-order valence-electron chi connectivity index (χ4n) is 3.10. The number of benzene rings is 2. The monoisotopic (exact) mass is 338 g/mol. The molecule has 0 aliphatic carbocycles. The van der Waals surface area contributed by atoms with Gasteiger partial charge in [0.25, 0.3) is 11.8 Å². The van der Waals surface area contributed by atoms with E-state index in [9.17, 15) is 14.0 Å². The van der Waals surface area contributed by atoms with E-state index in [1.807, 2.05) is 19.1 Å². The Balaban J connectivity index is 1.66. The number of hydrogen-bond donors (Lipinski definition) is 0. The summed E-state index contributed by atoms with van der Waals surface area (Å²) in [4.78, 5) is 26.7. The van der Waals surface area contributed by atoms with Crippen LogP contribution in [0.5, 0.6) is 0 Å². The van der Waals surface area contributed by atoms with Crippen molar-refractivity contribution in [2.45, 2.75) is 25.4 Å². The molecule has 1 saturated heterocycles. The van der Waals surface area contributed by atoms with Crippen LogP contribution in [0, 0.1) is 5.82 Å². The van der Waals surface area contributed by atoms with Crippen LogP contribution < -0.4 is 9.91 Å². The Morgan fingerprint density at radius 1 is 0.960 bits per heavy atom. The summed E-state index contributed by atoms with van der Waals surface area (Å²) in [6, 6.07) is 11.2. The Morgan fingerprint density at radius 2 is 1.60 bits per heavy atom. The van der Waals surface area contributed by atoms with E-state index in [0.29, 0.717) is 11.4 Å². The van der Waals surface area contributed by atoms with Crippen LogP contribution in [0.15, 0.2) is 58.9 Å². The van der Waals surface area contributed by atoms with Crippen molar-refractivity contribution >= 4 is 23.2 Å². The first-order valence-corrected chi connectivity index (χ1v) is 8.02. The van der Waals surface area contributed by atoms with Gasteiger partial charge in [0.15, 0.2) is 12.1 Å². The van der Waals surface area contributed by atoms with Gasteiger partial charge in [0.1, 0.15) is 5.82 Å². The minimum Gasteiger partial charge on any atom is -0.271 e. The summed E-state index contributed by atoms with van der Waals surface area (Å²) in [7, 11) is 0. The minimum absolute atomic E-state index is 0.381. The molecule has 0 saturated carbocycles. The SMILES string of the molecule is CCc1ccc(N2C(=O)[C@H]3N=NN(c4ccc(F)cc4)[C@H]3C2=O)cc1. The molecule has 2 aliphatic rings. The summed E-state index contributed by atoms with van der Waals surface area (Å²) >= 11 is 0. The number of aryl methyl sites for hydroxylation is 1. The molecule has 7 heteroatoms. The molecule has 0 bridgehead atoms. The van der Waals surface area contributed by atoms with Crippen LogP contribution in [0.3, 0.4) is 0 Å². The quantitative estimate of drug-likeness (QED) is 0.808. The smallest absolute Gasteiger partial charge is 0.263 e. The maximum atomic E-state index is 13.1. The second-order valence-corrected chi connectivity index (χ2v) is 5.95. The van der Waals surface area contributed by atoms with Crippen molar-refractivity contribution in [2.75, 3.05) is 9.91 Å². The number of carbonyl (C=O) groups excluding carboxylic acids is 2. The molecule has 0 spiro atoms. The molecule has 2 aromatic rings. The van der Waals surface area contributed by atoms with Gasteiger partial charge in [-0.05, 0) is 48.4 Å². The number of anilines is 2. The van der Waals surface area contributed by atoms with Crippen LogP contribution in [-0.2, 0) is 16.0 Å². The van der Waals surface area contributed by atoms with Gasteiger partial charge in [-0.3, -0.25) is 9.59 Å². The lowest BCUT2D eigenvalue weighted by atomic mass is 10.1. The van der Waals surface area contributed by atoms with Gasteiger partial charge in [0.2, 0.25) is 0 Å². The Hall–Kier alpha value is -3.09. The van der Waals surface area contributed by atoms with Crippen LogP contribution in [0.25, 0.3) is 0 Å². The third-order valence-corrected chi connectivity index (χ3v) is 4.48. The van der Waals surface area contributed by atoms with Gasteiger partial charge in [-0.15, -0.1) is 0 Å². The topological polar surface area (TPSA) is 65.3 Å². The number of halogens is 1. The fraction of sp³-hybridized carbons (Fsp3) is 0.222. The van der Waals surface area contributed by atoms with Gasteiger partial charge < -0.3 is 0 Å². The van der Waals surface area contributed by atoms with Gasteiger partial charge in [0.05, 0.1) is 11.4 Å². The predicted molar refractivity (Wildman–Crippen MR) is 89.6 cm³/mol. The lowest BCUT2D eigenvalue weighted by Gasteiger charge is -2.20. The molecule has 2 aromatic carbocycles. The molecule has 2 heterocycles.